The summed E-state index contributed by atoms with van der Waals surface area (Å²) in [6.07, 6.45) is 8.83. The van der Waals surface area contributed by atoms with Crippen molar-refractivity contribution >= 4 is 18.3 Å². The van der Waals surface area contributed by atoms with Crippen molar-refractivity contribution in [3.63, 3.8) is 0 Å². The molecule has 4 aliphatic carbocycles. The van der Waals surface area contributed by atoms with Crippen molar-refractivity contribution in [2.75, 3.05) is 26.2 Å². The van der Waals surface area contributed by atoms with E-state index in [1.165, 1.54) is 44.1 Å². The first-order valence-corrected chi connectivity index (χ1v) is 10.4. The Morgan fingerprint density at radius 3 is 2.19 bits per heavy atom. The molecule has 150 valence electrons. The van der Waals surface area contributed by atoms with E-state index in [-0.39, 0.29) is 23.9 Å². The number of benzene rings is 1. The molecule has 4 fully saturated rings. The summed E-state index contributed by atoms with van der Waals surface area (Å²) in [7, 11) is 0. The molecule has 5 rings (SSSR count). The molecule has 4 saturated carbocycles. The molecule has 0 aromatic heterocycles. The van der Waals surface area contributed by atoms with E-state index in [9.17, 15) is 4.79 Å². The van der Waals surface area contributed by atoms with Gasteiger partial charge in [0.25, 0.3) is 0 Å². The summed E-state index contributed by atoms with van der Waals surface area (Å²) in [6.45, 7) is 2.74. The van der Waals surface area contributed by atoms with Crippen LogP contribution in [0.2, 0.25) is 0 Å². The van der Waals surface area contributed by atoms with Gasteiger partial charge in [0.15, 0.2) is 0 Å². The molecule has 0 saturated heterocycles. The minimum Gasteiger partial charge on any atom is -0.350 e. The Kier molecular flexibility index (Phi) is 6.83. The second-order valence-electron chi connectivity index (χ2n) is 9.05. The van der Waals surface area contributed by atoms with Gasteiger partial charge in [-0.1, -0.05) is 30.3 Å². The fourth-order valence-electron chi connectivity index (χ4n) is 6.19. The lowest BCUT2D eigenvalue weighted by atomic mass is 9.53. The van der Waals surface area contributed by atoms with Gasteiger partial charge in [-0.2, -0.15) is 0 Å². The molecule has 0 radical (unpaired) electrons. The van der Waals surface area contributed by atoms with Crippen molar-refractivity contribution in [1.29, 1.82) is 0 Å². The highest BCUT2D eigenvalue weighted by molar-refractivity contribution is 5.85. The van der Waals surface area contributed by atoms with Gasteiger partial charge in [0.2, 0.25) is 5.91 Å². The predicted molar refractivity (Wildman–Crippen MR) is 112 cm³/mol. The molecule has 27 heavy (non-hydrogen) atoms. The SMILES string of the molecule is Cl.NCCN(CCc1ccccc1)CC(=O)NC12CC3CC(CC(C3)C1)C2. The average Bonchev–Trinajstić information content (AvgIpc) is 2.59. The van der Waals surface area contributed by atoms with Gasteiger partial charge in [-0.25, -0.2) is 0 Å². The van der Waals surface area contributed by atoms with Gasteiger partial charge < -0.3 is 11.1 Å². The van der Waals surface area contributed by atoms with E-state index < -0.39 is 0 Å². The van der Waals surface area contributed by atoms with E-state index in [0.29, 0.717) is 13.1 Å². The summed E-state index contributed by atoms with van der Waals surface area (Å²) in [5, 5.41) is 3.49. The third-order valence-electron chi connectivity index (χ3n) is 6.81. The molecule has 3 N–H and O–H groups in total. The van der Waals surface area contributed by atoms with E-state index in [2.05, 4.69) is 34.5 Å². The summed E-state index contributed by atoms with van der Waals surface area (Å²) in [5.74, 6) is 2.78. The molecule has 0 spiro atoms. The maximum Gasteiger partial charge on any atom is 0.234 e. The topological polar surface area (TPSA) is 58.4 Å². The maximum atomic E-state index is 12.8. The van der Waals surface area contributed by atoms with Gasteiger partial charge in [-0.05, 0) is 68.3 Å². The van der Waals surface area contributed by atoms with Crippen LogP contribution in [0.1, 0.15) is 44.1 Å². The third-order valence-corrected chi connectivity index (χ3v) is 6.81. The zero-order valence-electron chi connectivity index (χ0n) is 16.2. The molecular weight excluding hydrogens is 358 g/mol. The lowest BCUT2D eigenvalue weighted by Crippen LogP contribution is -2.61. The summed E-state index contributed by atoms with van der Waals surface area (Å²) in [4.78, 5) is 15.0. The molecule has 5 heteroatoms. The lowest BCUT2D eigenvalue weighted by Gasteiger charge is -2.57. The molecule has 4 aliphatic rings. The van der Waals surface area contributed by atoms with Crippen molar-refractivity contribution in [1.82, 2.24) is 10.2 Å². The summed E-state index contributed by atoms with van der Waals surface area (Å²) < 4.78 is 0. The van der Waals surface area contributed by atoms with E-state index in [1.807, 2.05) is 6.07 Å². The maximum absolute atomic E-state index is 12.8. The number of amides is 1. The summed E-state index contributed by atoms with van der Waals surface area (Å²) in [5.41, 5.74) is 7.21. The first-order valence-electron chi connectivity index (χ1n) is 10.4. The standard InChI is InChI=1S/C22H33N3O.ClH/c23-7-9-25(8-6-17-4-2-1-3-5-17)16-21(26)24-22-13-18-10-19(14-22)12-20(11-18)15-22;/h1-5,18-20H,6-16,23H2,(H,24,26);1H. The van der Waals surface area contributed by atoms with E-state index in [1.54, 1.807) is 0 Å². The number of hydrogen-bond donors (Lipinski definition) is 2. The van der Waals surface area contributed by atoms with Gasteiger partial charge in [-0.15, -0.1) is 12.4 Å². The smallest absolute Gasteiger partial charge is 0.234 e. The Morgan fingerprint density at radius 1 is 1.04 bits per heavy atom. The van der Waals surface area contributed by atoms with Crippen molar-refractivity contribution in [3.8, 4) is 0 Å². The van der Waals surface area contributed by atoms with Crippen molar-refractivity contribution in [2.24, 2.45) is 23.5 Å². The molecule has 0 unspecified atom stereocenters. The molecule has 0 atom stereocenters. The lowest BCUT2D eigenvalue weighted by molar-refractivity contribution is -0.128. The van der Waals surface area contributed by atoms with E-state index in [4.69, 9.17) is 5.73 Å². The highest BCUT2D eigenvalue weighted by atomic mass is 35.5. The van der Waals surface area contributed by atoms with Gasteiger partial charge in [0.05, 0.1) is 6.54 Å². The van der Waals surface area contributed by atoms with Crippen LogP contribution in [0.5, 0.6) is 0 Å². The fourth-order valence-corrected chi connectivity index (χ4v) is 6.19. The number of halogens is 1. The monoisotopic (exact) mass is 391 g/mol. The number of carbonyl (C=O) groups is 1. The van der Waals surface area contributed by atoms with Crippen LogP contribution >= 0.6 is 12.4 Å². The normalized spacial score (nSPS) is 31.0. The van der Waals surface area contributed by atoms with Crippen LogP contribution in [-0.4, -0.2) is 42.5 Å². The number of rotatable bonds is 8. The molecule has 1 aromatic rings. The highest BCUT2D eigenvalue weighted by Gasteiger charge is 2.51. The average molecular weight is 392 g/mol. The van der Waals surface area contributed by atoms with Gasteiger partial charge in [-0.3, -0.25) is 9.69 Å². The van der Waals surface area contributed by atoms with Crippen molar-refractivity contribution in [2.45, 2.75) is 50.5 Å². The number of nitrogens with zero attached hydrogens (tertiary/aromatic N) is 1. The van der Waals surface area contributed by atoms with Crippen LogP contribution in [0.4, 0.5) is 0 Å². The molecular formula is C22H34ClN3O. The Morgan fingerprint density at radius 2 is 1.63 bits per heavy atom. The molecule has 0 heterocycles. The Balaban J connectivity index is 0.00000210. The zero-order chi connectivity index (χ0) is 18.0. The van der Waals surface area contributed by atoms with Crippen molar-refractivity contribution < 1.29 is 4.79 Å². The Hall–Kier alpha value is -1.10. The predicted octanol–water partition coefficient (Wildman–Crippen LogP) is 3.00. The van der Waals surface area contributed by atoms with Gasteiger partial charge in [0.1, 0.15) is 0 Å². The van der Waals surface area contributed by atoms with Crippen molar-refractivity contribution in [3.05, 3.63) is 35.9 Å². The first-order chi connectivity index (χ1) is 12.6. The number of hydrogen-bond acceptors (Lipinski definition) is 3. The molecule has 4 bridgehead atoms. The largest absolute Gasteiger partial charge is 0.350 e. The van der Waals surface area contributed by atoms with Crippen LogP contribution in [-0.2, 0) is 11.2 Å². The van der Waals surface area contributed by atoms with Crippen LogP contribution in [0.3, 0.4) is 0 Å². The third kappa shape index (κ3) is 5.04. The summed E-state index contributed by atoms with van der Waals surface area (Å²) in [6, 6.07) is 10.5. The van der Waals surface area contributed by atoms with Crippen LogP contribution in [0.25, 0.3) is 0 Å². The minimum absolute atomic E-state index is 0. The zero-order valence-corrected chi connectivity index (χ0v) is 17.1. The Labute approximate surface area is 169 Å². The molecule has 1 aromatic carbocycles. The summed E-state index contributed by atoms with van der Waals surface area (Å²) >= 11 is 0. The van der Waals surface area contributed by atoms with E-state index in [0.717, 1.165) is 37.3 Å². The number of nitrogens with one attached hydrogen (secondary N) is 1. The van der Waals surface area contributed by atoms with Crippen LogP contribution in [0, 0.1) is 17.8 Å². The van der Waals surface area contributed by atoms with Crippen LogP contribution in [0.15, 0.2) is 30.3 Å². The van der Waals surface area contributed by atoms with Gasteiger partial charge in [0, 0.05) is 25.2 Å². The first kappa shape index (κ1) is 20.6. The van der Waals surface area contributed by atoms with Gasteiger partial charge >= 0.3 is 0 Å². The highest BCUT2D eigenvalue weighted by Crippen LogP contribution is 2.55. The molecule has 0 aliphatic heterocycles. The number of nitrogens with two attached hydrogens (primary N) is 1. The quantitative estimate of drug-likeness (QED) is 0.716. The number of carbonyl (C=O) groups excluding carboxylic acids is 1. The second-order valence-corrected chi connectivity index (χ2v) is 9.05. The molecule has 1 amide bonds. The second kappa shape index (κ2) is 8.93. The van der Waals surface area contributed by atoms with E-state index >= 15 is 0 Å². The van der Waals surface area contributed by atoms with Crippen LogP contribution < -0.4 is 11.1 Å². The molecule has 4 nitrogen and oxygen atoms in total. The minimum atomic E-state index is 0. The Bertz CT molecular complexity index is 586. The fraction of sp³-hybridized carbons (Fsp3) is 0.682.